The van der Waals surface area contributed by atoms with E-state index in [1.165, 1.54) is 22.7 Å². The van der Waals surface area contributed by atoms with Crippen molar-refractivity contribution in [3.05, 3.63) is 48.0 Å². The molecular weight excluding hydrogens is 449 g/mol. The molecule has 0 aliphatic carbocycles. The van der Waals surface area contributed by atoms with E-state index in [4.69, 9.17) is 19.8 Å². The molecule has 2 aromatic carbocycles. The van der Waals surface area contributed by atoms with Crippen molar-refractivity contribution in [1.82, 2.24) is 0 Å². The van der Waals surface area contributed by atoms with Gasteiger partial charge in [-0.1, -0.05) is 23.9 Å². The van der Waals surface area contributed by atoms with Crippen LogP contribution in [0.5, 0.6) is 0 Å². The van der Waals surface area contributed by atoms with Crippen LogP contribution in [0.15, 0.2) is 52.3 Å². The minimum Gasteiger partial charge on any atom is -0.539 e. The first-order chi connectivity index (χ1) is 15.0. The molecule has 1 aliphatic rings. The second-order valence-electron chi connectivity index (χ2n) is 6.71. The fraction of sp³-hybridized carbons (Fsp3) is 0.286. The zero-order valence-electron chi connectivity index (χ0n) is 17.2. The largest absolute Gasteiger partial charge is 0.539 e. The summed E-state index contributed by atoms with van der Waals surface area (Å²) in [5, 5.41) is 16.3. The third kappa shape index (κ3) is 6.01. The molecule has 0 atom stereocenters. The lowest BCUT2D eigenvalue weighted by molar-refractivity contribution is -0.888. The van der Waals surface area contributed by atoms with E-state index in [1.807, 2.05) is 26.0 Å². The van der Waals surface area contributed by atoms with Crippen molar-refractivity contribution in [2.75, 3.05) is 24.5 Å². The van der Waals surface area contributed by atoms with Crippen LogP contribution in [-0.4, -0.2) is 42.6 Å². The third-order valence-electron chi connectivity index (χ3n) is 4.68. The zero-order valence-corrected chi connectivity index (χ0v) is 18.0. The monoisotopic (exact) mass is 470 g/mol. The Labute approximate surface area is 186 Å². The fourth-order valence-electron chi connectivity index (χ4n) is 2.99. The number of benzene rings is 2. The van der Waals surface area contributed by atoms with Gasteiger partial charge in [-0.15, -0.1) is 0 Å². The topological polar surface area (TPSA) is 102 Å². The first kappa shape index (κ1) is 25.2. The van der Waals surface area contributed by atoms with E-state index in [1.54, 1.807) is 12.1 Å². The maximum Gasteiger partial charge on any atom is 0.416 e. The summed E-state index contributed by atoms with van der Waals surface area (Å²) in [6.07, 6.45) is -4.45. The molecule has 11 heteroatoms. The molecule has 2 aromatic rings. The molecule has 172 valence electrons. The highest BCUT2D eigenvalue weighted by atomic mass is 32.2. The quantitative estimate of drug-likeness (QED) is 0.658. The van der Waals surface area contributed by atoms with Gasteiger partial charge in [0.1, 0.15) is 0 Å². The highest BCUT2D eigenvalue weighted by Gasteiger charge is 2.35. The molecule has 7 nitrogen and oxygen atoms in total. The smallest absolute Gasteiger partial charge is 0.416 e. The van der Waals surface area contributed by atoms with Crippen LogP contribution in [0.4, 0.5) is 24.5 Å². The fourth-order valence-corrected chi connectivity index (χ4v) is 4.03. The number of anilines is 2. The van der Waals surface area contributed by atoms with Crippen molar-refractivity contribution in [3.8, 4) is 0 Å². The van der Waals surface area contributed by atoms with Gasteiger partial charge < -0.3 is 19.9 Å². The van der Waals surface area contributed by atoms with E-state index in [2.05, 4.69) is 0 Å². The van der Waals surface area contributed by atoms with Gasteiger partial charge >= 0.3 is 12.1 Å². The number of carboxylic acids is 2. The maximum absolute atomic E-state index is 13.2. The number of nitrogens with zero attached hydrogens (tertiary/aromatic N) is 1. The van der Waals surface area contributed by atoms with E-state index in [0.29, 0.717) is 16.3 Å². The molecule has 0 aromatic heterocycles. The molecule has 3 rings (SSSR count). The van der Waals surface area contributed by atoms with Crippen LogP contribution in [-0.2, 0) is 20.6 Å². The molecule has 0 saturated heterocycles. The third-order valence-corrected chi connectivity index (χ3v) is 5.81. The number of para-hydroxylation sites is 1. The molecule has 0 fully saturated rings. The van der Waals surface area contributed by atoms with Gasteiger partial charge in [-0.05, 0) is 44.2 Å². The molecule has 1 aliphatic heterocycles. The van der Waals surface area contributed by atoms with E-state index in [9.17, 15) is 18.0 Å². The van der Waals surface area contributed by atoms with E-state index < -0.39 is 23.7 Å². The Morgan fingerprint density at radius 2 is 1.59 bits per heavy atom. The Balaban J connectivity index is 0.000000534. The molecule has 0 radical (unpaired) electrons. The number of quaternary nitrogens is 1. The summed E-state index contributed by atoms with van der Waals surface area (Å²) in [7, 11) is 0. The lowest BCUT2D eigenvalue weighted by Gasteiger charge is -2.32. The number of carboxylic acid groups (broad SMARTS) is 2. The highest BCUT2D eigenvalue weighted by Crippen LogP contribution is 2.49. The van der Waals surface area contributed by atoms with E-state index >= 15 is 0 Å². The summed E-state index contributed by atoms with van der Waals surface area (Å²) in [5.41, 5.74) is 0.199. The van der Waals surface area contributed by atoms with Gasteiger partial charge in [-0.25, -0.2) is 4.79 Å². The van der Waals surface area contributed by atoms with Gasteiger partial charge in [0.2, 0.25) is 0 Å². The number of likely N-dealkylation sites (N-methyl/N-ethyl adjacent to an activating group) is 1. The van der Waals surface area contributed by atoms with Crippen LogP contribution in [0.25, 0.3) is 0 Å². The number of hydrogen-bond donors (Lipinski definition) is 2. The Morgan fingerprint density at radius 1 is 1.03 bits per heavy atom. The summed E-state index contributed by atoms with van der Waals surface area (Å²) < 4.78 is 39.6. The van der Waals surface area contributed by atoms with Crippen LogP contribution < -0.4 is 14.9 Å². The van der Waals surface area contributed by atoms with Gasteiger partial charge in [0, 0.05) is 9.79 Å². The number of carbonyl (C=O) groups excluding carboxylic acids is 2. The Hall–Kier alpha value is -3.05. The van der Waals surface area contributed by atoms with Gasteiger partial charge in [0.05, 0.1) is 30.0 Å². The Morgan fingerprint density at radius 3 is 2.12 bits per heavy atom. The number of nitrogens with one attached hydrogen (secondary N) is 1. The number of hydrogen-bond acceptors (Lipinski definition) is 5. The molecular formula is C21H21F3N2O5S. The Bertz CT molecular complexity index is 997. The average molecular weight is 470 g/mol. The van der Waals surface area contributed by atoms with Crippen molar-refractivity contribution in [1.29, 1.82) is 0 Å². The van der Waals surface area contributed by atoms with Crippen molar-refractivity contribution >= 4 is 41.0 Å². The molecule has 1 heterocycles. The van der Waals surface area contributed by atoms with Gasteiger partial charge in [-0.3, -0.25) is 9.69 Å². The number of alkyl halides is 3. The van der Waals surface area contributed by atoms with E-state index in [0.717, 1.165) is 35.0 Å². The second-order valence-corrected chi connectivity index (χ2v) is 7.79. The number of carbonyl (C=O) groups is 3. The maximum atomic E-state index is 13.2. The summed E-state index contributed by atoms with van der Waals surface area (Å²) in [5.74, 6) is -4.21. The molecule has 0 saturated carbocycles. The van der Waals surface area contributed by atoms with Crippen LogP contribution in [0.2, 0.25) is 0 Å². The van der Waals surface area contributed by atoms with Crippen molar-refractivity contribution < 1.29 is 42.7 Å². The second kappa shape index (κ2) is 10.5. The highest BCUT2D eigenvalue weighted by molar-refractivity contribution is 7.99. The van der Waals surface area contributed by atoms with Crippen molar-refractivity contribution in [2.24, 2.45) is 0 Å². The van der Waals surface area contributed by atoms with Crippen LogP contribution in [0.1, 0.15) is 19.4 Å². The van der Waals surface area contributed by atoms with Crippen LogP contribution in [0.3, 0.4) is 0 Å². The minimum absolute atomic E-state index is 0.197. The predicted molar refractivity (Wildman–Crippen MR) is 109 cm³/mol. The minimum atomic E-state index is -4.45. The normalized spacial score (nSPS) is 12.4. The van der Waals surface area contributed by atoms with Gasteiger partial charge in [0.15, 0.2) is 12.5 Å². The molecule has 2 N–H and O–H groups in total. The van der Waals surface area contributed by atoms with Gasteiger partial charge in [-0.2, -0.15) is 13.2 Å². The summed E-state index contributed by atoms with van der Waals surface area (Å²) in [6, 6.07) is 10.9. The summed E-state index contributed by atoms with van der Waals surface area (Å²) in [6.45, 7) is 5.77. The first-order valence-corrected chi connectivity index (χ1v) is 10.4. The molecule has 0 unspecified atom stereocenters. The number of halogens is 3. The molecule has 0 spiro atoms. The average Bonchev–Trinajstić information content (AvgIpc) is 2.74. The lowest BCUT2D eigenvalue weighted by Crippen LogP contribution is -3.12. The number of rotatable bonds is 4. The number of aliphatic carboxylic acids is 2. The van der Waals surface area contributed by atoms with Crippen molar-refractivity contribution in [3.63, 3.8) is 0 Å². The Kier molecular flexibility index (Phi) is 8.28. The van der Waals surface area contributed by atoms with Crippen LogP contribution in [0, 0.1) is 0 Å². The zero-order chi connectivity index (χ0) is 24.1. The van der Waals surface area contributed by atoms with E-state index in [-0.39, 0.29) is 12.5 Å². The number of fused-ring (bicyclic) bond motifs is 2. The lowest BCUT2D eigenvalue weighted by atomic mass is 10.1. The van der Waals surface area contributed by atoms with Gasteiger partial charge in [0.25, 0.3) is 5.91 Å². The van der Waals surface area contributed by atoms with Crippen LogP contribution >= 0.6 is 11.8 Å². The summed E-state index contributed by atoms with van der Waals surface area (Å²) in [4.78, 5) is 35.1. The SMILES string of the molecule is CC[NH+](CC)CC(=O)N1c2ccccc2Sc2ccc(C(F)(F)F)cc21.O=C([O-])C(=O)O. The van der Waals surface area contributed by atoms with Crippen molar-refractivity contribution in [2.45, 2.75) is 29.8 Å². The predicted octanol–water partition coefficient (Wildman–Crippen LogP) is 1.58. The molecule has 0 bridgehead atoms. The standard InChI is InChI=1S/C19H19F3N2OS.C2H2O4/c1-3-23(4-2)12-18(25)24-14-7-5-6-8-16(14)26-17-10-9-13(11-15(17)24)19(20,21)22;3-1(4)2(5)6/h5-11H,3-4,12H2,1-2H3;(H,3,4)(H,5,6). The number of amides is 1. The molecule has 1 amide bonds. The molecule has 32 heavy (non-hydrogen) atoms. The first-order valence-electron chi connectivity index (χ1n) is 9.58. The summed E-state index contributed by atoms with van der Waals surface area (Å²) >= 11 is 1.39.